The van der Waals surface area contributed by atoms with Crippen molar-refractivity contribution in [3.05, 3.63) is 16.4 Å². The van der Waals surface area contributed by atoms with E-state index in [0.29, 0.717) is 12.0 Å². The van der Waals surface area contributed by atoms with E-state index in [1.165, 1.54) is 0 Å². The molecule has 0 aliphatic rings. The number of halogens is 1. The number of rotatable bonds is 8. The lowest BCUT2D eigenvalue weighted by Gasteiger charge is -2.21. The third kappa shape index (κ3) is 4.79. The van der Waals surface area contributed by atoms with Crippen LogP contribution in [0.2, 0.25) is 5.02 Å². The highest BCUT2D eigenvalue weighted by molar-refractivity contribution is 6.31. The molecule has 0 fully saturated rings. The smallest absolute Gasteiger partial charge is 0.0847 e. The second kappa shape index (κ2) is 7.88. The summed E-state index contributed by atoms with van der Waals surface area (Å²) in [4.78, 5) is 0. The van der Waals surface area contributed by atoms with Crippen LogP contribution in [0.15, 0.2) is 0 Å². The molecule has 0 amide bonds. The van der Waals surface area contributed by atoms with E-state index in [9.17, 15) is 0 Å². The second-order valence-corrected chi connectivity index (χ2v) is 5.60. The van der Waals surface area contributed by atoms with E-state index in [1.807, 2.05) is 18.7 Å². The number of nitrogens with zero attached hydrogens (tertiary/aromatic N) is 2. The molecule has 0 spiro atoms. The highest BCUT2D eigenvalue weighted by Gasteiger charge is 2.18. The number of likely N-dealkylation sites (N-methyl/N-ethyl adjacent to an activating group) is 1. The third-order valence-electron chi connectivity index (χ3n) is 3.33. The summed E-state index contributed by atoms with van der Waals surface area (Å²) < 4.78 is 7.10. The summed E-state index contributed by atoms with van der Waals surface area (Å²) in [5.41, 5.74) is 2.01. The molecule has 1 rings (SSSR count). The molecule has 0 aromatic carbocycles. The molecule has 0 aliphatic carbocycles. The van der Waals surface area contributed by atoms with Crippen LogP contribution < -0.4 is 5.32 Å². The van der Waals surface area contributed by atoms with Crippen LogP contribution in [0.5, 0.6) is 0 Å². The van der Waals surface area contributed by atoms with Gasteiger partial charge in [0, 0.05) is 33.2 Å². The molecule has 19 heavy (non-hydrogen) atoms. The van der Waals surface area contributed by atoms with Crippen LogP contribution in [-0.2, 0) is 18.2 Å². The molecule has 0 saturated carbocycles. The zero-order valence-electron chi connectivity index (χ0n) is 12.7. The maximum Gasteiger partial charge on any atom is 0.0847 e. The van der Waals surface area contributed by atoms with Crippen molar-refractivity contribution in [3.63, 3.8) is 0 Å². The Bertz CT molecular complexity index is 392. The summed E-state index contributed by atoms with van der Waals surface area (Å²) in [6.07, 6.45) is 1.97. The van der Waals surface area contributed by atoms with Crippen molar-refractivity contribution in [3.8, 4) is 0 Å². The van der Waals surface area contributed by atoms with Crippen LogP contribution in [-0.4, -0.2) is 36.1 Å². The van der Waals surface area contributed by atoms with Crippen molar-refractivity contribution in [2.24, 2.45) is 13.0 Å². The SMILES string of the molecule is CCNC(Cc1c(Cl)c(C)nn1C)CC(C)COC. The molecule has 1 aromatic heterocycles. The lowest BCUT2D eigenvalue weighted by Crippen LogP contribution is -2.34. The number of methoxy groups -OCH3 is 1. The Morgan fingerprint density at radius 2 is 2.16 bits per heavy atom. The molecule has 1 N–H and O–H groups in total. The fourth-order valence-electron chi connectivity index (χ4n) is 2.50. The van der Waals surface area contributed by atoms with Gasteiger partial charge in [0.25, 0.3) is 0 Å². The topological polar surface area (TPSA) is 39.1 Å². The first-order valence-corrected chi connectivity index (χ1v) is 7.27. The van der Waals surface area contributed by atoms with Gasteiger partial charge in [-0.2, -0.15) is 5.10 Å². The Balaban J connectivity index is 2.72. The number of aromatic nitrogens is 2. The van der Waals surface area contributed by atoms with E-state index in [4.69, 9.17) is 16.3 Å². The number of hydrogen-bond acceptors (Lipinski definition) is 3. The Kier molecular flexibility index (Phi) is 6.83. The van der Waals surface area contributed by atoms with Crippen LogP contribution in [0.25, 0.3) is 0 Å². The number of aryl methyl sites for hydroxylation is 2. The molecule has 0 radical (unpaired) electrons. The normalized spacial score (nSPS) is 14.6. The average Bonchev–Trinajstić information content (AvgIpc) is 2.56. The molecular weight excluding hydrogens is 262 g/mol. The molecule has 2 atom stereocenters. The summed E-state index contributed by atoms with van der Waals surface area (Å²) >= 11 is 6.32. The van der Waals surface area contributed by atoms with Gasteiger partial charge in [-0.3, -0.25) is 4.68 Å². The molecule has 0 aliphatic heterocycles. The zero-order valence-corrected chi connectivity index (χ0v) is 13.4. The Morgan fingerprint density at radius 3 is 2.63 bits per heavy atom. The van der Waals surface area contributed by atoms with Gasteiger partial charge in [-0.15, -0.1) is 0 Å². The van der Waals surface area contributed by atoms with Gasteiger partial charge in [-0.25, -0.2) is 0 Å². The number of nitrogens with one attached hydrogen (secondary N) is 1. The predicted molar refractivity (Wildman–Crippen MR) is 79.8 cm³/mol. The van der Waals surface area contributed by atoms with Crippen molar-refractivity contribution < 1.29 is 4.74 Å². The quantitative estimate of drug-likeness (QED) is 0.799. The number of hydrogen-bond donors (Lipinski definition) is 1. The monoisotopic (exact) mass is 287 g/mol. The van der Waals surface area contributed by atoms with Crippen molar-refractivity contribution in [2.45, 2.75) is 39.7 Å². The molecular formula is C14H26ClN3O. The highest BCUT2D eigenvalue weighted by atomic mass is 35.5. The largest absolute Gasteiger partial charge is 0.384 e. The molecule has 110 valence electrons. The average molecular weight is 288 g/mol. The zero-order chi connectivity index (χ0) is 14.4. The number of ether oxygens (including phenoxy) is 1. The van der Waals surface area contributed by atoms with Crippen LogP contribution in [0, 0.1) is 12.8 Å². The van der Waals surface area contributed by atoms with Gasteiger partial charge in [-0.1, -0.05) is 25.4 Å². The van der Waals surface area contributed by atoms with Crippen molar-refractivity contribution in [1.29, 1.82) is 0 Å². The fourth-order valence-corrected chi connectivity index (χ4v) is 2.74. The van der Waals surface area contributed by atoms with Gasteiger partial charge in [0.05, 0.1) is 16.4 Å². The summed E-state index contributed by atoms with van der Waals surface area (Å²) in [6, 6.07) is 0.405. The van der Waals surface area contributed by atoms with Crippen molar-refractivity contribution >= 4 is 11.6 Å². The van der Waals surface area contributed by atoms with Crippen LogP contribution in [0.4, 0.5) is 0 Å². The summed E-state index contributed by atoms with van der Waals surface area (Å²) in [5.74, 6) is 0.530. The molecule has 0 saturated heterocycles. The van der Waals surface area contributed by atoms with Crippen LogP contribution >= 0.6 is 11.6 Å². The van der Waals surface area contributed by atoms with Crippen molar-refractivity contribution in [2.75, 3.05) is 20.3 Å². The van der Waals surface area contributed by atoms with Crippen LogP contribution in [0.1, 0.15) is 31.7 Å². The van der Waals surface area contributed by atoms with Gasteiger partial charge in [0.2, 0.25) is 0 Å². The van der Waals surface area contributed by atoms with Gasteiger partial charge in [0.1, 0.15) is 0 Å². The molecule has 4 nitrogen and oxygen atoms in total. The third-order valence-corrected chi connectivity index (χ3v) is 3.82. The van der Waals surface area contributed by atoms with E-state index in [-0.39, 0.29) is 0 Å². The predicted octanol–water partition coefficient (Wildman–Crippen LogP) is 2.58. The summed E-state index contributed by atoms with van der Waals surface area (Å²) in [6.45, 7) is 8.04. The van der Waals surface area contributed by atoms with E-state index in [1.54, 1.807) is 7.11 Å². The lowest BCUT2D eigenvalue weighted by atomic mass is 9.98. The Hall–Kier alpha value is -0.580. The maximum atomic E-state index is 6.32. The first kappa shape index (κ1) is 16.5. The Morgan fingerprint density at radius 1 is 1.47 bits per heavy atom. The van der Waals surface area contributed by atoms with E-state index in [2.05, 4.69) is 24.3 Å². The Labute approximate surface area is 121 Å². The minimum atomic E-state index is 0.405. The van der Waals surface area contributed by atoms with E-state index < -0.39 is 0 Å². The van der Waals surface area contributed by atoms with E-state index >= 15 is 0 Å². The minimum absolute atomic E-state index is 0.405. The molecule has 2 unspecified atom stereocenters. The molecule has 5 heteroatoms. The highest BCUT2D eigenvalue weighted by Crippen LogP contribution is 2.22. The van der Waals surface area contributed by atoms with Crippen LogP contribution in [0.3, 0.4) is 0 Å². The first-order valence-electron chi connectivity index (χ1n) is 6.89. The molecule has 1 aromatic rings. The van der Waals surface area contributed by atoms with Gasteiger partial charge in [-0.05, 0) is 25.8 Å². The van der Waals surface area contributed by atoms with Gasteiger partial charge in [0.15, 0.2) is 0 Å². The standard InChI is InChI=1S/C14H26ClN3O/c1-6-16-12(7-10(2)9-19-5)8-13-14(15)11(3)17-18(13)4/h10,12,16H,6-9H2,1-5H3. The molecule has 1 heterocycles. The lowest BCUT2D eigenvalue weighted by molar-refractivity contribution is 0.149. The van der Waals surface area contributed by atoms with Gasteiger partial charge >= 0.3 is 0 Å². The second-order valence-electron chi connectivity index (χ2n) is 5.22. The first-order chi connectivity index (χ1) is 8.99. The molecule has 0 bridgehead atoms. The van der Waals surface area contributed by atoms with Gasteiger partial charge < -0.3 is 10.1 Å². The maximum absolute atomic E-state index is 6.32. The van der Waals surface area contributed by atoms with E-state index in [0.717, 1.165) is 42.4 Å². The fraction of sp³-hybridized carbons (Fsp3) is 0.786. The van der Waals surface area contributed by atoms with Crippen molar-refractivity contribution in [1.82, 2.24) is 15.1 Å². The minimum Gasteiger partial charge on any atom is -0.384 e. The summed E-state index contributed by atoms with van der Waals surface area (Å²) in [5, 5.41) is 8.70. The summed E-state index contributed by atoms with van der Waals surface area (Å²) in [7, 11) is 3.70.